The maximum atomic E-state index is 14.4. The van der Waals surface area contributed by atoms with Crippen molar-refractivity contribution in [2.75, 3.05) is 18.4 Å². The van der Waals surface area contributed by atoms with Crippen LogP contribution < -0.4 is 15.4 Å². The number of allylic oxidation sites excluding steroid dienone is 4. The van der Waals surface area contributed by atoms with Gasteiger partial charge in [-0.1, -0.05) is 54.3 Å². The van der Waals surface area contributed by atoms with Crippen LogP contribution in [0.2, 0.25) is 5.02 Å². The number of halogens is 2. The summed E-state index contributed by atoms with van der Waals surface area (Å²) >= 11 is 12.9. The molecule has 2 fully saturated rings. The van der Waals surface area contributed by atoms with Crippen molar-refractivity contribution in [2.24, 2.45) is 11.8 Å². The Morgan fingerprint density at radius 3 is 2.65 bits per heavy atom. The van der Waals surface area contributed by atoms with Gasteiger partial charge >= 0.3 is 0 Å². The average Bonchev–Trinajstić information content (AvgIpc) is 3.29. The highest BCUT2D eigenvalue weighted by atomic mass is 35.5. The van der Waals surface area contributed by atoms with Crippen LogP contribution in [0.1, 0.15) is 61.8 Å². The molecule has 2 unspecified atom stereocenters. The second-order valence-electron chi connectivity index (χ2n) is 11.6. The highest BCUT2D eigenvalue weighted by Crippen LogP contribution is 2.58. The topological polar surface area (TPSA) is 87.7 Å². The lowest BCUT2D eigenvalue weighted by molar-refractivity contribution is -0.135. The van der Waals surface area contributed by atoms with E-state index in [4.69, 9.17) is 34.4 Å². The van der Waals surface area contributed by atoms with Crippen molar-refractivity contribution in [2.45, 2.75) is 56.6 Å². The maximum absolute atomic E-state index is 14.4. The largest absolute Gasteiger partial charge is 0.490 e. The number of carbonyl (C=O) groups excluding carboxylic acids is 3. The number of hydrogen-bond acceptors (Lipinski definition) is 4. The molecule has 2 N–H and O–H groups in total. The number of piperidine rings is 2. The lowest BCUT2D eigenvalue weighted by Crippen LogP contribution is -2.59. The Labute approximate surface area is 261 Å². The molecule has 2 saturated heterocycles. The number of hydrogen-bond donors (Lipinski definition) is 2. The van der Waals surface area contributed by atoms with Gasteiger partial charge in [0, 0.05) is 65.6 Å². The summed E-state index contributed by atoms with van der Waals surface area (Å²) in [7, 11) is 0. The summed E-state index contributed by atoms with van der Waals surface area (Å²) in [6.07, 6.45) is 14.0. The number of anilines is 1. The molecule has 43 heavy (non-hydrogen) atoms. The zero-order valence-electron chi connectivity index (χ0n) is 23.9. The van der Waals surface area contributed by atoms with Crippen LogP contribution in [0, 0.1) is 24.2 Å². The van der Waals surface area contributed by atoms with Crippen LogP contribution >= 0.6 is 23.2 Å². The van der Waals surface area contributed by atoms with E-state index in [1.54, 1.807) is 18.2 Å². The van der Waals surface area contributed by atoms with Crippen molar-refractivity contribution in [1.82, 2.24) is 10.2 Å². The fraction of sp³-hybridized carbons (Fsp3) is 0.382. The second kappa shape index (κ2) is 11.7. The van der Waals surface area contributed by atoms with Gasteiger partial charge in [-0.3, -0.25) is 14.4 Å². The number of benzene rings is 2. The van der Waals surface area contributed by atoms with Crippen molar-refractivity contribution in [3.63, 3.8) is 0 Å². The first-order chi connectivity index (χ1) is 20.7. The average molecular weight is 619 g/mol. The summed E-state index contributed by atoms with van der Waals surface area (Å²) in [5.74, 6) is 2.41. The van der Waals surface area contributed by atoms with E-state index < -0.39 is 17.4 Å². The van der Waals surface area contributed by atoms with Gasteiger partial charge in [0.15, 0.2) is 0 Å². The molecule has 6 rings (SSSR count). The molecule has 1 spiro atoms. The van der Waals surface area contributed by atoms with Crippen LogP contribution in [-0.4, -0.2) is 41.8 Å². The Bertz CT molecular complexity index is 1590. The summed E-state index contributed by atoms with van der Waals surface area (Å²) < 4.78 is 6.62. The molecule has 0 bridgehead atoms. The lowest BCUT2D eigenvalue weighted by atomic mass is 9.57. The minimum atomic E-state index is -1.19. The first-order valence-corrected chi connectivity index (χ1v) is 15.5. The molecule has 0 saturated carbocycles. The molecule has 3 heterocycles. The molecule has 222 valence electrons. The van der Waals surface area contributed by atoms with E-state index in [-0.39, 0.29) is 36.2 Å². The Kier molecular flexibility index (Phi) is 8.02. The van der Waals surface area contributed by atoms with E-state index >= 15 is 0 Å². The predicted octanol–water partition coefficient (Wildman–Crippen LogP) is 5.87. The number of amides is 3. The van der Waals surface area contributed by atoms with Gasteiger partial charge in [0.2, 0.25) is 17.7 Å². The van der Waals surface area contributed by atoms with Gasteiger partial charge in [-0.15, -0.1) is 6.42 Å². The number of fused-ring (bicyclic) bond motifs is 2. The Morgan fingerprint density at radius 1 is 1.14 bits per heavy atom. The standard InChI is InChI=1S/C34H33Cl2N3O4/c1-3-20-8-11-29(43-24-12-14-39(15-13-24)31(41)4-2)25(16-20)32-34(26-10-9-23(36)18-28(26)37-33(34)42)27(19-30(40)38-32)21-6-5-7-22(35)17-21/h1,5-11,16,18,21,24,27,32H,4,12-15,17,19H2,2H3,(H,37,42)(H,38,40)/t21?,27-,32?,34-/m0/s1. The molecule has 0 radical (unpaired) electrons. The molecular formula is C34H33Cl2N3O4. The zero-order valence-corrected chi connectivity index (χ0v) is 25.4. The highest BCUT2D eigenvalue weighted by Gasteiger charge is 2.62. The number of ether oxygens (including phenoxy) is 1. The summed E-state index contributed by atoms with van der Waals surface area (Å²) in [4.78, 5) is 42.1. The molecule has 4 aliphatic rings. The number of carbonyl (C=O) groups is 3. The Hall–Kier alpha value is -3.73. The van der Waals surface area contributed by atoms with Gasteiger partial charge in [0.1, 0.15) is 17.3 Å². The van der Waals surface area contributed by atoms with Crippen molar-refractivity contribution in [1.29, 1.82) is 0 Å². The van der Waals surface area contributed by atoms with E-state index in [1.807, 2.05) is 48.3 Å². The molecule has 2 aromatic rings. The number of terminal acetylenes is 1. The number of nitrogens with one attached hydrogen (secondary N) is 2. The molecule has 4 atom stereocenters. The van der Waals surface area contributed by atoms with Crippen LogP contribution in [0.4, 0.5) is 5.69 Å². The Balaban J connectivity index is 1.47. The molecule has 2 aromatic carbocycles. The molecule has 7 nitrogen and oxygen atoms in total. The maximum Gasteiger partial charge on any atom is 0.237 e. The van der Waals surface area contributed by atoms with Crippen molar-refractivity contribution in [3.8, 4) is 18.1 Å². The van der Waals surface area contributed by atoms with E-state index in [0.717, 1.165) is 5.56 Å². The number of nitrogens with zero attached hydrogens (tertiary/aromatic N) is 1. The van der Waals surface area contributed by atoms with Crippen molar-refractivity contribution >= 4 is 46.6 Å². The van der Waals surface area contributed by atoms with Crippen LogP contribution in [0.25, 0.3) is 0 Å². The first-order valence-electron chi connectivity index (χ1n) is 14.7. The summed E-state index contributed by atoms with van der Waals surface area (Å²) in [5.41, 5.74) is 1.43. The Morgan fingerprint density at radius 2 is 1.93 bits per heavy atom. The smallest absolute Gasteiger partial charge is 0.237 e. The van der Waals surface area contributed by atoms with Crippen LogP contribution in [-0.2, 0) is 19.8 Å². The van der Waals surface area contributed by atoms with Gasteiger partial charge < -0.3 is 20.3 Å². The molecular weight excluding hydrogens is 585 g/mol. The third kappa shape index (κ3) is 5.21. The first kappa shape index (κ1) is 29.3. The van der Waals surface area contributed by atoms with E-state index in [0.29, 0.717) is 71.4 Å². The quantitative estimate of drug-likeness (QED) is 0.411. The zero-order chi connectivity index (χ0) is 30.3. The monoisotopic (exact) mass is 617 g/mol. The number of likely N-dealkylation sites (tertiary alicyclic amines) is 1. The minimum absolute atomic E-state index is 0.133. The molecule has 9 heteroatoms. The third-order valence-electron chi connectivity index (χ3n) is 9.26. The van der Waals surface area contributed by atoms with Crippen LogP contribution in [0.3, 0.4) is 0 Å². The van der Waals surface area contributed by atoms with E-state index in [2.05, 4.69) is 16.6 Å². The SMILES string of the molecule is C#Cc1ccc(OC2CCN(C(=O)CC)CC2)c(C2NC(=O)C[C@@H](C3C=CC=C(Cl)C3)[C@]23C(=O)Nc2cc(Cl)ccc23)c1. The fourth-order valence-corrected chi connectivity index (χ4v) is 7.66. The van der Waals surface area contributed by atoms with Gasteiger partial charge in [0.05, 0.1) is 6.04 Å². The van der Waals surface area contributed by atoms with Crippen LogP contribution in [0.15, 0.2) is 59.7 Å². The van der Waals surface area contributed by atoms with Crippen molar-refractivity contribution < 1.29 is 19.1 Å². The fourth-order valence-electron chi connectivity index (χ4n) is 7.24. The summed E-state index contributed by atoms with van der Waals surface area (Å²) in [6.45, 7) is 3.09. The molecule has 3 aliphatic heterocycles. The van der Waals surface area contributed by atoms with E-state index in [9.17, 15) is 14.4 Å². The third-order valence-corrected chi connectivity index (χ3v) is 9.78. The molecule has 1 aliphatic carbocycles. The molecule has 0 aromatic heterocycles. The van der Waals surface area contributed by atoms with Gasteiger partial charge in [-0.25, -0.2) is 0 Å². The number of rotatable bonds is 5. The summed E-state index contributed by atoms with van der Waals surface area (Å²) in [6, 6.07) is 10.1. The van der Waals surface area contributed by atoms with Crippen molar-refractivity contribution in [3.05, 3.63) is 81.4 Å². The lowest BCUT2D eigenvalue weighted by Gasteiger charge is -2.49. The molecule has 3 amide bonds. The normalized spacial score (nSPS) is 26.8. The van der Waals surface area contributed by atoms with Gasteiger partial charge in [0.25, 0.3) is 0 Å². The van der Waals surface area contributed by atoms with Gasteiger partial charge in [-0.2, -0.15) is 0 Å². The van der Waals surface area contributed by atoms with E-state index in [1.165, 1.54) is 0 Å². The second-order valence-corrected chi connectivity index (χ2v) is 12.6. The highest BCUT2D eigenvalue weighted by molar-refractivity contribution is 6.31. The van der Waals surface area contributed by atoms with Gasteiger partial charge in [-0.05, 0) is 60.2 Å². The predicted molar refractivity (Wildman–Crippen MR) is 167 cm³/mol. The van der Waals surface area contributed by atoms with Crippen LogP contribution in [0.5, 0.6) is 5.75 Å². The summed E-state index contributed by atoms with van der Waals surface area (Å²) in [5, 5.41) is 7.43. The minimum Gasteiger partial charge on any atom is -0.490 e.